The number of hydrogen-bond acceptors (Lipinski definition) is 3. The minimum absolute atomic E-state index is 0.175. The third kappa shape index (κ3) is 2.98. The molecule has 4 nitrogen and oxygen atoms in total. The van der Waals surface area contributed by atoms with Gasteiger partial charge in [-0.25, -0.2) is 0 Å². The average Bonchev–Trinajstić information content (AvgIpc) is 2.32. The van der Waals surface area contributed by atoms with E-state index in [0.717, 1.165) is 0 Å². The van der Waals surface area contributed by atoms with E-state index in [1.165, 1.54) is 0 Å². The third-order valence-electron chi connectivity index (χ3n) is 2.62. The highest BCUT2D eigenvalue weighted by Gasteiger charge is 2.21. The van der Waals surface area contributed by atoms with Crippen molar-refractivity contribution in [1.29, 1.82) is 0 Å². The van der Waals surface area contributed by atoms with Crippen molar-refractivity contribution >= 4 is 23.2 Å². The number of carbonyl (C=O) groups is 1. The molecule has 0 bridgehead atoms. The molecule has 0 atom stereocenters. The van der Waals surface area contributed by atoms with E-state index in [-0.39, 0.29) is 11.8 Å². The Morgan fingerprint density at radius 1 is 1.22 bits per heavy atom. The number of halogens is 1. The largest absolute Gasteiger partial charge is 0.324 e. The standard InChI is InChI=1S/C13H14ClN3O/c14-10-3-1-2-4-11(10)17-12(18)9-5-7-13(15,16)8-6-9/h1-9H,15-16H2,(H,17,18). The summed E-state index contributed by atoms with van der Waals surface area (Å²) in [5.41, 5.74) is 11.0. The fourth-order valence-electron chi connectivity index (χ4n) is 1.61. The SMILES string of the molecule is NC1(N)C=CC(C(=O)Nc2ccccc2Cl)C=C1. The molecule has 94 valence electrons. The minimum atomic E-state index is -0.971. The quantitative estimate of drug-likeness (QED) is 0.560. The molecule has 1 aromatic carbocycles. The fourth-order valence-corrected chi connectivity index (χ4v) is 1.80. The summed E-state index contributed by atoms with van der Waals surface area (Å²) in [7, 11) is 0. The van der Waals surface area contributed by atoms with Crippen LogP contribution in [-0.2, 0) is 4.79 Å². The molecule has 1 amide bonds. The van der Waals surface area contributed by atoms with Crippen LogP contribution in [0.5, 0.6) is 0 Å². The molecule has 1 aromatic rings. The Kier molecular flexibility index (Phi) is 3.52. The van der Waals surface area contributed by atoms with Crippen molar-refractivity contribution in [3.8, 4) is 0 Å². The van der Waals surface area contributed by atoms with Crippen LogP contribution in [0.25, 0.3) is 0 Å². The molecule has 5 N–H and O–H groups in total. The number of hydrogen-bond donors (Lipinski definition) is 3. The number of anilines is 1. The van der Waals surface area contributed by atoms with E-state index in [2.05, 4.69) is 5.32 Å². The van der Waals surface area contributed by atoms with E-state index in [9.17, 15) is 4.79 Å². The van der Waals surface area contributed by atoms with Crippen LogP contribution in [-0.4, -0.2) is 11.6 Å². The highest BCUT2D eigenvalue weighted by Crippen LogP contribution is 2.22. The fraction of sp³-hybridized carbons (Fsp3) is 0.154. The Hall–Kier alpha value is -1.62. The zero-order valence-corrected chi connectivity index (χ0v) is 10.4. The van der Waals surface area contributed by atoms with E-state index in [1.807, 2.05) is 0 Å². The Balaban J connectivity index is 2.07. The van der Waals surface area contributed by atoms with Gasteiger partial charge in [0.1, 0.15) is 5.66 Å². The van der Waals surface area contributed by atoms with E-state index in [4.69, 9.17) is 23.1 Å². The lowest BCUT2D eigenvalue weighted by molar-refractivity contribution is -0.117. The second-order valence-electron chi connectivity index (χ2n) is 4.21. The van der Waals surface area contributed by atoms with Crippen molar-refractivity contribution in [2.24, 2.45) is 17.4 Å². The molecule has 0 unspecified atom stereocenters. The Bertz CT molecular complexity index is 507. The summed E-state index contributed by atoms with van der Waals surface area (Å²) < 4.78 is 0. The summed E-state index contributed by atoms with van der Waals surface area (Å²) in [6.45, 7) is 0. The molecule has 0 fully saturated rings. The van der Waals surface area contributed by atoms with Crippen LogP contribution < -0.4 is 16.8 Å². The summed E-state index contributed by atoms with van der Waals surface area (Å²) in [6.07, 6.45) is 6.55. The topological polar surface area (TPSA) is 81.1 Å². The lowest BCUT2D eigenvalue weighted by Crippen LogP contribution is -2.46. The molecule has 1 aliphatic carbocycles. The van der Waals surface area contributed by atoms with Gasteiger partial charge in [0.05, 0.1) is 16.6 Å². The first-order valence-corrected chi connectivity index (χ1v) is 5.88. The molecule has 18 heavy (non-hydrogen) atoms. The Morgan fingerprint density at radius 2 is 1.83 bits per heavy atom. The Labute approximate surface area is 110 Å². The normalized spacial score (nSPS) is 17.7. The average molecular weight is 264 g/mol. The lowest BCUT2D eigenvalue weighted by Gasteiger charge is -2.21. The van der Waals surface area contributed by atoms with Crippen LogP contribution in [0.3, 0.4) is 0 Å². The van der Waals surface area contributed by atoms with Crippen molar-refractivity contribution in [1.82, 2.24) is 0 Å². The van der Waals surface area contributed by atoms with E-state index in [1.54, 1.807) is 48.6 Å². The Morgan fingerprint density at radius 3 is 2.44 bits per heavy atom. The van der Waals surface area contributed by atoms with Crippen LogP contribution in [0.1, 0.15) is 0 Å². The molecule has 0 radical (unpaired) electrons. The van der Waals surface area contributed by atoms with E-state index >= 15 is 0 Å². The maximum atomic E-state index is 12.0. The second kappa shape index (κ2) is 4.94. The summed E-state index contributed by atoms with van der Waals surface area (Å²) in [5, 5.41) is 3.25. The van der Waals surface area contributed by atoms with E-state index in [0.29, 0.717) is 10.7 Å². The van der Waals surface area contributed by atoms with Crippen LogP contribution >= 0.6 is 11.6 Å². The molecule has 0 spiro atoms. The predicted octanol–water partition coefficient (Wildman–Crippen LogP) is 1.63. The monoisotopic (exact) mass is 263 g/mol. The number of rotatable bonds is 2. The van der Waals surface area contributed by atoms with Crippen LogP contribution in [0.15, 0.2) is 48.6 Å². The maximum Gasteiger partial charge on any atom is 0.235 e. The highest BCUT2D eigenvalue weighted by atomic mass is 35.5. The van der Waals surface area contributed by atoms with Crippen molar-refractivity contribution in [2.75, 3.05) is 5.32 Å². The highest BCUT2D eigenvalue weighted by molar-refractivity contribution is 6.33. The first-order valence-electron chi connectivity index (χ1n) is 5.50. The smallest absolute Gasteiger partial charge is 0.235 e. The first kappa shape index (κ1) is 12.8. The molecule has 1 aliphatic rings. The third-order valence-corrected chi connectivity index (χ3v) is 2.95. The summed E-state index contributed by atoms with van der Waals surface area (Å²) in [5.74, 6) is -0.562. The molecule has 5 heteroatoms. The summed E-state index contributed by atoms with van der Waals surface area (Å²) >= 11 is 5.96. The van der Waals surface area contributed by atoms with Crippen LogP contribution in [0.4, 0.5) is 5.69 Å². The zero-order chi connectivity index (χ0) is 13.2. The van der Waals surface area contributed by atoms with Crippen molar-refractivity contribution in [3.63, 3.8) is 0 Å². The van der Waals surface area contributed by atoms with Gasteiger partial charge < -0.3 is 16.8 Å². The molecule has 2 rings (SSSR count). The summed E-state index contributed by atoms with van der Waals surface area (Å²) in [4.78, 5) is 12.0. The van der Waals surface area contributed by atoms with Gasteiger partial charge in [-0.3, -0.25) is 4.79 Å². The van der Waals surface area contributed by atoms with Crippen LogP contribution in [0, 0.1) is 5.92 Å². The number of nitrogens with one attached hydrogen (secondary N) is 1. The predicted molar refractivity (Wildman–Crippen MR) is 73.0 cm³/mol. The number of amides is 1. The number of carbonyl (C=O) groups excluding carboxylic acids is 1. The van der Waals surface area contributed by atoms with Gasteiger partial charge in [-0.05, 0) is 24.3 Å². The molecule has 0 heterocycles. The van der Waals surface area contributed by atoms with Gasteiger partial charge in [-0.1, -0.05) is 35.9 Å². The van der Waals surface area contributed by atoms with Crippen molar-refractivity contribution < 1.29 is 4.79 Å². The van der Waals surface area contributed by atoms with Gasteiger partial charge in [-0.2, -0.15) is 0 Å². The van der Waals surface area contributed by atoms with Gasteiger partial charge in [0.25, 0.3) is 0 Å². The van der Waals surface area contributed by atoms with Gasteiger partial charge in [0, 0.05) is 0 Å². The van der Waals surface area contributed by atoms with Gasteiger partial charge in [0.15, 0.2) is 0 Å². The molecular weight excluding hydrogens is 250 g/mol. The zero-order valence-electron chi connectivity index (χ0n) is 9.64. The number of para-hydroxylation sites is 1. The van der Waals surface area contributed by atoms with E-state index < -0.39 is 5.66 Å². The second-order valence-corrected chi connectivity index (χ2v) is 4.62. The maximum absolute atomic E-state index is 12.0. The van der Waals surface area contributed by atoms with Gasteiger partial charge in [-0.15, -0.1) is 0 Å². The molecule has 0 saturated carbocycles. The molecule has 0 aromatic heterocycles. The lowest BCUT2D eigenvalue weighted by atomic mass is 9.97. The van der Waals surface area contributed by atoms with Gasteiger partial charge >= 0.3 is 0 Å². The van der Waals surface area contributed by atoms with Gasteiger partial charge in [0.2, 0.25) is 5.91 Å². The van der Waals surface area contributed by atoms with Crippen molar-refractivity contribution in [2.45, 2.75) is 5.66 Å². The summed E-state index contributed by atoms with van der Waals surface area (Å²) in [6, 6.07) is 7.07. The molecular formula is C13H14ClN3O. The first-order chi connectivity index (χ1) is 8.48. The van der Waals surface area contributed by atoms with Crippen molar-refractivity contribution in [3.05, 3.63) is 53.6 Å². The number of nitrogens with two attached hydrogens (primary N) is 2. The molecule has 0 saturated heterocycles. The molecule has 0 aliphatic heterocycles. The van der Waals surface area contributed by atoms with Crippen LogP contribution in [0.2, 0.25) is 5.02 Å². The number of benzene rings is 1. The minimum Gasteiger partial charge on any atom is -0.324 e.